The number of halogens is 4. The number of carbonyl (C=O) groups excluding carboxylic acids is 2. The monoisotopic (exact) mass is 378 g/mol. The summed E-state index contributed by atoms with van der Waals surface area (Å²) in [4.78, 5) is 24.1. The van der Waals surface area contributed by atoms with E-state index in [1.54, 1.807) is 0 Å². The lowest BCUT2D eigenvalue weighted by molar-refractivity contribution is -0.167. The number of aryl methyl sites for hydroxylation is 1. The fraction of sp³-hybridized carbons (Fsp3) is 0.500. The molecule has 2 rings (SSSR count). The molecule has 1 saturated heterocycles. The molecule has 0 aliphatic carbocycles. The number of hydrogen-bond donors (Lipinski definition) is 1. The molecular weight excluding hydrogens is 360 g/mol. The minimum Gasteiger partial charge on any atom is -0.468 e. The Morgan fingerprint density at radius 1 is 1.38 bits per heavy atom. The third-order valence-electron chi connectivity index (χ3n) is 3.96. The van der Waals surface area contributed by atoms with Gasteiger partial charge >= 0.3 is 12.1 Å². The molecule has 1 aliphatic rings. The average Bonchev–Trinajstić information content (AvgIpc) is 2.58. The van der Waals surface area contributed by atoms with Crippen LogP contribution in [0.1, 0.15) is 15.9 Å². The zero-order valence-corrected chi connectivity index (χ0v) is 14.2. The van der Waals surface area contributed by atoms with E-state index in [0.717, 1.165) is 18.1 Å². The van der Waals surface area contributed by atoms with Crippen LogP contribution in [-0.4, -0.2) is 57.5 Å². The Hall–Kier alpha value is -2.36. The van der Waals surface area contributed by atoms with Crippen molar-refractivity contribution in [3.8, 4) is 0 Å². The highest BCUT2D eigenvalue weighted by Gasteiger charge is 2.45. The van der Waals surface area contributed by atoms with E-state index in [-0.39, 0.29) is 30.0 Å². The highest BCUT2D eigenvalue weighted by molar-refractivity contribution is 5.97. The van der Waals surface area contributed by atoms with Gasteiger partial charge in [-0.15, -0.1) is 0 Å². The molecule has 1 amide bonds. The predicted octanol–water partition coefficient (Wildman–Crippen LogP) is 1.80. The second-order valence-corrected chi connectivity index (χ2v) is 5.70. The van der Waals surface area contributed by atoms with Gasteiger partial charge in [0.25, 0.3) is 5.91 Å². The first kappa shape index (κ1) is 20.0. The molecule has 0 saturated carbocycles. The van der Waals surface area contributed by atoms with E-state index in [4.69, 9.17) is 4.74 Å². The number of hydrogen-bond acceptors (Lipinski definition) is 5. The Morgan fingerprint density at radius 3 is 2.65 bits per heavy atom. The maximum Gasteiger partial charge on any atom is 0.411 e. The zero-order chi connectivity index (χ0) is 19.5. The van der Waals surface area contributed by atoms with E-state index in [9.17, 15) is 27.2 Å². The van der Waals surface area contributed by atoms with Gasteiger partial charge in [0, 0.05) is 12.2 Å². The number of nitrogens with zero attached hydrogens (tertiary/aromatic N) is 1. The number of nitrogens with one attached hydrogen (secondary N) is 1. The molecule has 10 heteroatoms. The Bertz CT molecular complexity index is 670. The third kappa shape index (κ3) is 4.43. The molecular formula is C16H18F4N2O4. The smallest absolute Gasteiger partial charge is 0.411 e. The number of alkyl halides is 3. The lowest BCUT2D eigenvalue weighted by Gasteiger charge is -2.38. The third-order valence-corrected chi connectivity index (χ3v) is 3.96. The van der Waals surface area contributed by atoms with Crippen LogP contribution in [0.15, 0.2) is 12.1 Å². The van der Waals surface area contributed by atoms with Gasteiger partial charge in [-0.3, -0.25) is 9.59 Å². The van der Waals surface area contributed by atoms with E-state index < -0.39 is 43.1 Å². The van der Waals surface area contributed by atoms with Crippen molar-refractivity contribution in [2.24, 2.45) is 0 Å². The van der Waals surface area contributed by atoms with Gasteiger partial charge in [0.2, 0.25) is 0 Å². The lowest BCUT2D eigenvalue weighted by Crippen LogP contribution is -2.53. The molecule has 26 heavy (non-hydrogen) atoms. The summed E-state index contributed by atoms with van der Waals surface area (Å²) >= 11 is 0. The molecule has 1 atom stereocenters. The number of carbonyl (C=O) groups is 2. The molecule has 1 aliphatic heterocycles. The van der Waals surface area contributed by atoms with Gasteiger partial charge in [-0.05, 0) is 24.6 Å². The molecule has 0 radical (unpaired) electrons. The van der Waals surface area contributed by atoms with Gasteiger partial charge in [0.05, 0.1) is 25.9 Å². The van der Waals surface area contributed by atoms with Crippen LogP contribution in [0.5, 0.6) is 0 Å². The number of rotatable bonds is 4. The molecule has 0 aromatic heterocycles. The van der Waals surface area contributed by atoms with Gasteiger partial charge in [-0.1, -0.05) is 0 Å². The van der Waals surface area contributed by atoms with Crippen LogP contribution in [0.3, 0.4) is 0 Å². The molecule has 1 aromatic rings. The molecule has 1 heterocycles. The number of esters is 1. The van der Waals surface area contributed by atoms with Crippen LogP contribution in [0, 0.1) is 12.7 Å². The Balaban J connectivity index is 2.28. The number of amides is 1. The Labute approximate surface area is 147 Å². The van der Waals surface area contributed by atoms with E-state index in [0.29, 0.717) is 0 Å². The van der Waals surface area contributed by atoms with E-state index in [2.05, 4.69) is 10.1 Å². The van der Waals surface area contributed by atoms with Gasteiger partial charge in [0.15, 0.2) is 0 Å². The number of morpholine rings is 1. The fourth-order valence-corrected chi connectivity index (χ4v) is 2.68. The van der Waals surface area contributed by atoms with Crippen LogP contribution in [0.4, 0.5) is 23.2 Å². The fourth-order valence-electron chi connectivity index (χ4n) is 2.68. The van der Waals surface area contributed by atoms with Crippen molar-refractivity contribution in [2.45, 2.75) is 19.1 Å². The second kappa shape index (κ2) is 7.90. The van der Waals surface area contributed by atoms with Crippen LogP contribution < -0.4 is 10.2 Å². The van der Waals surface area contributed by atoms with Gasteiger partial charge in [-0.2, -0.15) is 13.2 Å². The van der Waals surface area contributed by atoms with Crippen molar-refractivity contribution in [1.29, 1.82) is 0 Å². The minimum atomic E-state index is -4.54. The number of ether oxygens (including phenoxy) is 2. The number of benzene rings is 1. The van der Waals surface area contributed by atoms with Crippen LogP contribution in [0.25, 0.3) is 0 Å². The summed E-state index contributed by atoms with van der Waals surface area (Å²) in [7, 11) is 1.13. The summed E-state index contributed by atoms with van der Waals surface area (Å²) in [6.07, 6.45) is -4.54. The zero-order valence-electron chi connectivity index (χ0n) is 14.2. The van der Waals surface area contributed by atoms with Crippen molar-refractivity contribution in [2.75, 3.05) is 38.3 Å². The first-order chi connectivity index (χ1) is 12.1. The predicted molar refractivity (Wildman–Crippen MR) is 83.5 cm³/mol. The molecule has 0 bridgehead atoms. The molecule has 1 fully saturated rings. The summed E-state index contributed by atoms with van der Waals surface area (Å²) in [6.45, 7) is 0.426. The lowest BCUT2D eigenvalue weighted by atomic mass is 10.0. The van der Waals surface area contributed by atoms with Crippen LogP contribution in [-0.2, 0) is 14.3 Å². The molecule has 144 valence electrons. The SMILES string of the molecule is COC(=O)CNC(=O)c1c(C)cc(N2CCOC[C@@H]2C(F)(F)F)cc1F. The maximum absolute atomic E-state index is 14.4. The van der Waals surface area contributed by atoms with E-state index >= 15 is 0 Å². The number of methoxy groups -OCH3 is 1. The summed E-state index contributed by atoms with van der Waals surface area (Å²) in [5, 5.41) is 2.20. The molecule has 0 unspecified atom stereocenters. The molecule has 0 spiro atoms. The second-order valence-electron chi connectivity index (χ2n) is 5.70. The Morgan fingerprint density at radius 2 is 2.08 bits per heavy atom. The first-order valence-electron chi connectivity index (χ1n) is 7.71. The topological polar surface area (TPSA) is 67.9 Å². The largest absolute Gasteiger partial charge is 0.468 e. The molecule has 1 aromatic carbocycles. The first-order valence-corrected chi connectivity index (χ1v) is 7.71. The van der Waals surface area contributed by atoms with Crippen molar-refractivity contribution < 1.29 is 36.6 Å². The van der Waals surface area contributed by atoms with Gasteiger partial charge < -0.3 is 19.7 Å². The van der Waals surface area contributed by atoms with E-state index in [1.165, 1.54) is 13.0 Å². The van der Waals surface area contributed by atoms with Gasteiger partial charge in [0.1, 0.15) is 18.4 Å². The van der Waals surface area contributed by atoms with E-state index in [1.807, 2.05) is 0 Å². The van der Waals surface area contributed by atoms with Gasteiger partial charge in [-0.25, -0.2) is 4.39 Å². The summed E-state index contributed by atoms with van der Waals surface area (Å²) in [5.41, 5.74) is -0.181. The van der Waals surface area contributed by atoms with Crippen molar-refractivity contribution in [3.05, 3.63) is 29.1 Å². The van der Waals surface area contributed by atoms with Crippen LogP contribution in [0.2, 0.25) is 0 Å². The molecule has 1 N–H and O–H groups in total. The molecule has 6 nitrogen and oxygen atoms in total. The highest BCUT2D eigenvalue weighted by Crippen LogP contribution is 2.32. The van der Waals surface area contributed by atoms with Crippen molar-refractivity contribution in [3.63, 3.8) is 0 Å². The highest BCUT2D eigenvalue weighted by atomic mass is 19.4. The number of anilines is 1. The maximum atomic E-state index is 14.4. The normalized spacial score (nSPS) is 17.8. The average molecular weight is 378 g/mol. The minimum absolute atomic E-state index is 0.00939. The van der Waals surface area contributed by atoms with Crippen LogP contribution >= 0.6 is 0 Å². The Kier molecular flexibility index (Phi) is 6.06. The summed E-state index contributed by atoms with van der Waals surface area (Å²) < 4.78 is 63.2. The van der Waals surface area contributed by atoms with Crippen molar-refractivity contribution in [1.82, 2.24) is 5.32 Å². The summed E-state index contributed by atoms with van der Waals surface area (Å²) in [6, 6.07) is 0.290. The standard InChI is InChI=1S/C16H18F4N2O4/c1-9-5-10(22-3-4-26-8-12(22)16(18,19)20)6-11(17)14(9)15(24)21-7-13(23)25-2/h5-6,12H,3-4,7-8H2,1-2H3,(H,21,24)/t12-/m1/s1. The van der Waals surface area contributed by atoms with Crippen molar-refractivity contribution >= 4 is 17.6 Å². The summed E-state index contributed by atoms with van der Waals surface area (Å²) in [5.74, 6) is -2.55. The quantitative estimate of drug-likeness (QED) is 0.639.